The van der Waals surface area contributed by atoms with Gasteiger partial charge in [0.25, 0.3) is 0 Å². The maximum absolute atomic E-state index is 12.6. The topological polar surface area (TPSA) is 97.4 Å². The number of hydrogen-bond acceptors (Lipinski definition) is 5. The molecular weight excluding hydrogens is 330 g/mol. The molecule has 0 saturated carbocycles. The van der Waals surface area contributed by atoms with E-state index in [1.165, 1.54) is 32.2 Å². The molecule has 0 unspecified atom stereocenters. The maximum atomic E-state index is 12.6. The van der Waals surface area contributed by atoms with Crippen LogP contribution in [0.3, 0.4) is 0 Å². The van der Waals surface area contributed by atoms with Crippen molar-refractivity contribution >= 4 is 21.6 Å². The van der Waals surface area contributed by atoms with Crippen molar-refractivity contribution in [2.24, 2.45) is 0 Å². The molecule has 2 aromatic rings. The Balaban J connectivity index is 2.30. The number of amides is 1. The maximum Gasteiger partial charge on any atom is 0.241 e. The molecule has 0 bridgehead atoms. The molecule has 0 aliphatic carbocycles. The fourth-order valence-electron chi connectivity index (χ4n) is 2.13. The number of pyridine rings is 1. The third-order valence-corrected chi connectivity index (χ3v) is 4.79. The van der Waals surface area contributed by atoms with E-state index in [-0.39, 0.29) is 10.8 Å². The number of nitrogens with zero attached hydrogens (tertiary/aromatic N) is 1. The van der Waals surface area contributed by atoms with Crippen molar-refractivity contribution in [2.75, 3.05) is 12.4 Å². The number of carbonyl (C=O) groups excluding carboxylic acids is 1. The van der Waals surface area contributed by atoms with E-state index >= 15 is 0 Å². The molecule has 0 saturated heterocycles. The molecule has 0 fully saturated rings. The molecule has 0 spiro atoms. The van der Waals surface area contributed by atoms with E-state index < -0.39 is 16.1 Å². The number of rotatable bonds is 6. The van der Waals surface area contributed by atoms with Crippen molar-refractivity contribution in [3.63, 3.8) is 0 Å². The molecule has 1 aromatic heterocycles. The fraction of sp³-hybridized carbons (Fsp3) is 0.250. The number of benzene rings is 1. The Morgan fingerprint density at radius 1 is 1.25 bits per heavy atom. The SMILES string of the molecule is COc1ccc(S(=O)(=O)N[C@@H](C)c2ccccn2)cc1NC(C)=O. The summed E-state index contributed by atoms with van der Waals surface area (Å²) < 4.78 is 32.8. The Morgan fingerprint density at radius 2 is 2.00 bits per heavy atom. The molecule has 2 rings (SSSR count). The Bertz CT molecular complexity index is 822. The standard InChI is InChI=1S/C16H19N3O4S/c1-11(14-6-4-5-9-17-14)19-24(21,22)13-7-8-16(23-3)15(10-13)18-12(2)20/h4-11,19H,1-3H3,(H,18,20)/t11-/m0/s1. The lowest BCUT2D eigenvalue weighted by Gasteiger charge is -2.15. The second kappa shape index (κ2) is 7.41. The summed E-state index contributed by atoms with van der Waals surface area (Å²) in [6.45, 7) is 3.04. The highest BCUT2D eigenvalue weighted by atomic mass is 32.2. The first-order valence-electron chi connectivity index (χ1n) is 7.22. The Labute approximate surface area is 141 Å². The number of nitrogens with one attached hydrogen (secondary N) is 2. The highest BCUT2D eigenvalue weighted by Gasteiger charge is 2.20. The third kappa shape index (κ3) is 4.30. The third-order valence-electron chi connectivity index (χ3n) is 3.26. The number of hydrogen-bond donors (Lipinski definition) is 2. The van der Waals surface area contributed by atoms with Gasteiger partial charge in [-0.1, -0.05) is 6.07 Å². The van der Waals surface area contributed by atoms with Crippen LogP contribution in [0.2, 0.25) is 0 Å². The summed E-state index contributed by atoms with van der Waals surface area (Å²) in [6.07, 6.45) is 1.60. The van der Waals surface area contributed by atoms with Gasteiger partial charge >= 0.3 is 0 Å². The van der Waals surface area contributed by atoms with E-state index in [1.807, 2.05) is 0 Å². The molecule has 1 aromatic carbocycles. The van der Waals surface area contributed by atoms with Crippen LogP contribution < -0.4 is 14.8 Å². The van der Waals surface area contributed by atoms with Gasteiger partial charge in [0.15, 0.2) is 0 Å². The summed E-state index contributed by atoms with van der Waals surface area (Å²) in [5, 5.41) is 2.55. The minimum absolute atomic E-state index is 0.0230. The molecule has 128 valence electrons. The molecule has 0 aliphatic rings. The van der Waals surface area contributed by atoms with Gasteiger partial charge < -0.3 is 10.1 Å². The summed E-state index contributed by atoms with van der Waals surface area (Å²) in [6, 6.07) is 9.05. The number of sulfonamides is 1. The smallest absolute Gasteiger partial charge is 0.241 e. The van der Waals surface area contributed by atoms with Crippen LogP contribution in [0.25, 0.3) is 0 Å². The van der Waals surface area contributed by atoms with Crippen LogP contribution in [0.4, 0.5) is 5.69 Å². The molecule has 2 N–H and O–H groups in total. The zero-order chi connectivity index (χ0) is 17.7. The quantitative estimate of drug-likeness (QED) is 0.832. The van der Waals surface area contributed by atoms with Crippen LogP contribution in [-0.2, 0) is 14.8 Å². The summed E-state index contributed by atoms with van der Waals surface area (Å²) in [5.74, 6) is 0.0552. The highest BCUT2D eigenvalue weighted by molar-refractivity contribution is 7.89. The molecule has 1 atom stereocenters. The second-order valence-electron chi connectivity index (χ2n) is 5.14. The van der Waals surface area contributed by atoms with Gasteiger partial charge in [-0.25, -0.2) is 13.1 Å². The summed E-state index contributed by atoms with van der Waals surface area (Å²) in [4.78, 5) is 15.4. The molecule has 24 heavy (non-hydrogen) atoms. The molecule has 0 radical (unpaired) electrons. The lowest BCUT2D eigenvalue weighted by atomic mass is 10.2. The largest absolute Gasteiger partial charge is 0.495 e. The molecule has 0 aliphatic heterocycles. The number of anilines is 1. The fourth-order valence-corrected chi connectivity index (χ4v) is 3.38. The van der Waals surface area contributed by atoms with Gasteiger partial charge in [-0.3, -0.25) is 9.78 Å². The first kappa shape index (κ1) is 17.9. The van der Waals surface area contributed by atoms with Crippen LogP contribution >= 0.6 is 0 Å². The van der Waals surface area contributed by atoms with Crippen molar-refractivity contribution in [1.82, 2.24) is 9.71 Å². The predicted octanol–water partition coefficient (Wildman–Crippen LogP) is 2.09. The monoisotopic (exact) mass is 349 g/mol. The zero-order valence-electron chi connectivity index (χ0n) is 13.6. The van der Waals surface area contributed by atoms with Crippen LogP contribution in [0, 0.1) is 0 Å². The minimum atomic E-state index is -3.79. The normalized spacial score (nSPS) is 12.5. The Kier molecular flexibility index (Phi) is 5.53. The van der Waals surface area contributed by atoms with Crippen molar-refractivity contribution < 1.29 is 17.9 Å². The van der Waals surface area contributed by atoms with Gasteiger partial charge in [0.05, 0.1) is 29.4 Å². The zero-order valence-corrected chi connectivity index (χ0v) is 14.4. The summed E-state index contributed by atoms with van der Waals surface area (Å²) in [7, 11) is -2.35. The van der Waals surface area contributed by atoms with Gasteiger partial charge in [-0.05, 0) is 37.3 Å². The minimum Gasteiger partial charge on any atom is -0.495 e. The first-order valence-corrected chi connectivity index (χ1v) is 8.70. The van der Waals surface area contributed by atoms with E-state index in [0.29, 0.717) is 17.1 Å². The van der Waals surface area contributed by atoms with E-state index in [4.69, 9.17) is 4.74 Å². The molecule has 7 nitrogen and oxygen atoms in total. The summed E-state index contributed by atoms with van der Waals surface area (Å²) >= 11 is 0. The second-order valence-corrected chi connectivity index (χ2v) is 6.85. The van der Waals surface area contributed by atoms with Crippen molar-refractivity contribution in [2.45, 2.75) is 24.8 Å². The number of ether oxygens (including phenoxy) is 1. The molecule has 1 heterocycles. The van der Waals surface area contributed by atoms with Gasteiger partial charge in [0.2, 0.25) is 15.9 Å². The van der Waals surface area contributed by atoms with Crippen molar-refractivity contribution in [3.8, 4) is 5.75 Å². The Morgan fingerprint density at radius 3 is 2.58 bits per heavy atom. The van der Waals surface area contributed by atoms with E-state index in [2.05, 4.69) is 15.0 Å². The van der Waals surface area contributed by atoms with Crippen molar-refractivity contribution in [1.29, 1.82) is 0 Å². The van der Waals surface area contributed by atoms with Gasteiger partial charge in [0, 0.05) is 13.1 Å². The summed E-state index contributed by atoms with van der Waals surface area (Å²) in [5.41, 5.74) is 0.898. The number of methoxy groups -OCH3 is 1. The van der Waals surface area contributed by atoms with Crippen molar-refractivity contribution in [3.05, 3.63) is 48.3 Å². The van der Waals surface area contributed by atoms with Crippen LogP contribution in [0.15, 0.2) is 47.5 Å². The molecule has 1 amide bonds. The number of carbonyl (C=O) groups is 1. The Hall–Kier alpha value is -2.45. The van der Waals surface area contributed by atoms with Gasteiger partial charge in [0.1, 0.15) is 5.75 Å². The van der Waals surface area contributed by atoms with E-state index in [1.54, 1.807) is 31.3 Å². The lowest BCUT2D eigenvalue weighted by molar-refractivity contribution is -0.114. The average molecular weight is 349 g/mol. The van der Waals surface area contributed by atoms with Gasteiger partial charge in [-0.2, -0.15) is 0 Å². The highest BCUT2D eigenvalue weighted by Crippen LogP contribution is 2.28. The van der Waals surface area contributed by atoms with Crippen LogP contribution in [0.5, 0.6) is 5.75 Å². The molecular formula is C16H19N3O4S. The number of aromatic nitrogens is 1. The lowest BCUT2D eigenvalue weighted by Crippen LogP contribution is -2.27. The predicted molar refractivity (Wildman–Crippen MR) is 90.3 cm³/mol. The molecule has 8 heteroatoms. The van der Waals surface area contributed by atoms with Crippen LogP contribution in [-0.4, -0.2) is 26.4 Å². The van der Waals surface area contributed by atoms with Crippen LogP contribution in [0.1, 0.15) is 25.6 Å². The average Bonchev–Trinajstić information content (AvgIpc) is 2.54. The van der Waals surface area contributed by atoms with E-state index in [9.17, 15) is 13.2 Å². The van der Waals surface area contributed by atoms with Gasteiger partial charge in [-0.15, -0.1) is 0 Å². The van der Waals surface area contributed by atoms with E-state index in [0.717, 1.165) is 0 Å². The first-order chi connectivity index (χ1) is 11.3.